The molecule has 1 fully saturated rings. The van der Waals surface area contributed by atoms with Gasteiger partial charge in [0.2, 0.25) is 5.88 Å². The van der Waals surface area contributed by atoms with Crippen LogP contribution in [-0.2, 0) is 0 Å². The van der Waals surface area contributed by atoms with Gasteiger partial charge in [-0.3, -0.25) is 4.79 Å². The third-order valence-electron chi connectivity index (χ3n) is 4.09. The van der Waals surface area contributed by atoms with Gasteiger partial charge >= 0.3 is 6.01 Å². The summed E-state index contributed by atoms with van der Waals surface area (Å²) in [5.41, 5.74) is 2.29. The van der Waals surface area contributed by atoms with Gasteiger partial charge in [0.25, 0.3) is 5.91 Å². The number of hydrogen-bond donors (Lipinski definition) is 0. The fourth-order valence-corrected chi connectivity index (χ4v) is 2.92. The van der Waals surface area contributed by atoms with Crippen LogP contribution in [0.1, 0.15) is 34.6 Å². The summed E-state index contributed by atoms with van der Waals surface area (Å²) in [5.74, 6) is 0.438. The van der Waals surface area contributed by atoms with Crippen LogP contribution in [0.3, 0.4) is 0 Å². The molecule has 132 valence electrons. The van der Waals surface area contributed by atoms with Crippen LogP contribution in [0.2, 0.25) is 0 Å². The van der Waals surface area contributed by atoms with Crippen molar-refractivity contribution >= 4 is 5.91 Å². The zero-order chi connectivity index (χ0) is 17.8. The van der Waals surface area contributed by atoms with Crippen molar-refractivity contribution in [2.24, 2.45) is 0 Å². The van der Waals surface area contributed by atoms with Gasteiger partial charge in [-0.15, -0.1) is 0 Å². The molecule has 2 aromatic heterocycles. The number of rotatable bonds is 4. The second-order valence-electron chi connectivity index (χ2n) is 6.16. The minimum Gasteiger partial charge on any atom is -0.481 e. The molecule has 1 unspecified atom stereocenters. The SMILES string of the molecule is COc1ccc(C(=O)N2CCCC(Oc3nc(C)cc(C)n3)C2)cn1. The van der Waals surface area contributed by atoms with Crippen LogP contribution in [0.4, 0.5) is 0 Å². The number of piperidine rings is 1. The van der Waals surface area contributed by atoms with Gasteiger partial charge in [0, 0.05) is 30.2 Å². The van der Waals surface area contributed by atoms with Gasteiger partial charge in [-0.05, 0) is 38.8 Å². The first-order valence-corrected chi connectivity index (χ1v) is 8.33. The first-order valence-electron chi connectivity index (χ1n) is 8.33. The summed E-state index contributed by atoms with van der Waals surface area (Å²) >= 11 is 0. The number of carbonyl (C=O) groups excluding carboxylic acids is 1. The Kier molecular flexibility index (Phi) is 5.11. The second-order valence-corrected chi connectivity index (χ2v) is 6.16. The molecule has 3 rings (SSSR count). The lowest BCUT2D eigenvalue weighted by molar-refractivity contribution is 0.0514. The van der Waals surface area contributed by atoms with E-state index in [1.807, 2.05) is 19.9 Å². The molecule has 0 spiro atoms. The molecule has 1 aliphatic heterocycles. The monoisotopic (exact) mass is 342 g/mol. The normalized spacial score (nSPS) is 17.2. The summed E-state index contributed by atoms with van der Waals surface area (Å²) in [7, 11) is 1.55. The Hall–Kier alpha value is -2.70. The molecular weight excluding hydrogens is 320 g/mol. The quantitative estimate of drug-likeness (QED) is 0.847. The van der Waals surface area contributed by atoms with Gasteiger partial charge < -0.3 is 14.4 Å². The van der Waals surface area contributed by atoms with Crippen molar-refractivity contribution < 1.29 is 14.3 Å². The first kappa shape index (κ1) is 17.1. The minimum atomic E-state index is -0.106. The number of methoxy groups -OCH3 is 1. The molecule has 0 saturated carbocycles. The van der Waals surface area contributed by atoms with E-state index in [2.05, 4.69) is 15.0 Å². The van der Waals surface area contributed by atoms with E-state index < -0.39 is 0 Å². The molecule has 0 bridgehead atoms. The predicted octanol–water partition coefficient (Wildman–Crippen LogP) is 2.18. The van der Waals surface area contributed by atoms with E-state index >= 15 is 0 Å². The summed E-state index contributed by atoms with van der Waals surface area (Å²) in [6.45, 7) is 5.05. The predicted molar refractivity (Wildman–Crippen MR) is 91.8 cm³/mol. The van der Waals surface area contributed by atoms with E-state index in [1.54, 1.807) is 30.3 Å². The zero-order valence-corrected chi connectivity index (χ0v) is 14.7. The van der Waals surface area contributed by atoms with Gasteiger partial charge in [-0.2, -0.15) is 0 Å². The number of aryl methyl sites for hydroxylation is 2. The molecule has 3 heterocycles. The van der Waals surface area contributed by atoms with Crippen LogP contribution in [-0.4, -0.2) is 52.1 Å². The van der Waals surface area contributed by atoms with Crippen molar-refractivity contribution in [2.45, 2.75) is 32.8 Å². The van der Waals surface area contributed by atoms with Crippen LogP contribution < -0.4 is 9.47 Å². The van der Waals surface area contributed by atoms with Crippen LogP contribution in [0.15, 0.2) is 24.4 Å². The maximum Gasteiger partial charge on any atom is 0.317 e. The van der Waals surface area contributed by atoms with Crippen LogP contribution in [0.5, 0.6) is 11.9 Å². The lowest BCUT2D eigenvalue weighted by Crippen LogP contribution is -2.44. The average molecular weight is 342 g/mol. The fourth-order valence-electron chi connectivity index (χ4n) is 2.92. The van der Waals surface area contributed by atoms with Crippen LogP contribution in [0, 0.1) is 13.8 Å². The zero-order valence-electron chi connectivity index (χ0n) is 14.7. The van der Waals surface area contributed by atoms with Gasteiger partial charge in [-0.25, -0.2) is 15.0 Å². The third-order valence-corrected chi connectivity index (χ3v) is 4.09. The van der Waals surface area contributed by atoms with Crippen molar-refractivity contribution in [2.75, 3.05) is 20.2 Å². The van der Waals surface area contributed by atoms with Crippen molar-refractivity contribution in [3.05, 3.63) is 41.3 Å². The number of aromatic nitrogens is 3. The smallest absolute Gasteiger partial charge is 0.317 e. The third kappa shape index (κ3) is 4.23. The summed E-state index contributed by atoms with van der Waals surface area (Å²) < 4.78 is 10.9. The summed E-state index contributed by atoms with van der Waals surface area (Å²) in [4.78, 5) is 27.2. The van der Waals surface area contributed by atoms with Crippen molar-refractivity contribution in [3.8, 4) is 11.9 Å². The lowest BCUT2D eigenvalue weighted by atomic mass is 10.1. The van der Waals surface area contributed by atoms with Crippen molar-refractivity contribution in [1.29, 1.82) is 0 Å². The van der Waals surface area contributed by atoms with E-state index in [0.717, 1.165) is 24.2 Å². The molecule has 0 aliphatic carbocycles. The minimum absolute atomic E-state index is 0.0511. The Balaban J connectivity index is 1.66. The summed E-state index contributed by atoms with van der Waals surface area (Å²) in [6, 6.07) is 5.70. The highest BCUT2D eigenvalue weighted by Gasteiger charge is 2.26. The Labute approximate surface area is 147 Å². The van der Waals surface area contributed by atoms with Crippen molar-refractivity contribution in [3.63, 3.8) is 0 Å². The second kappa shape index (κ2) is 7.46. The highest BCUT2D eigenvalue weighted by molar-refractivity contribution is 5.94. The number of carbonyl (C=O) groups is 1. The molecule has 1 saturated heterocycles. The van der Waals surface area contributed by atoms with Gasteiger partial charge in [0.05, 0.1) is 19.2 Å². The van der Waals surface area contributed by atoms with E-state index in [1.165, 1.54) is 0 Å². The molecule has 2 aromatic rings. The molecule has 1 aliphatic rings. The fraction of sp³-hybridized carbons (Fsp3) is 0.444. The van der Waals surface area contributed by atoms with E-state index in [-0.39, 0.29) is 12.0 Å². The van der Waals surface area contributed by atoms with Crippen molar-refractivity contribution in [1.82, 2.24) is 19.9 Å². The number of amides is 1. The molecule has 7 heteroatoms. The average Bonchev–Trinajstić information content (AvgIpc) is 2.60. The Morgan fingerprint density at radius 2 is 2.00 bits per heavy atom. The number of nitrogens with zero attached hydrogens (tertiary/aromatic N) is 4. The number of likely N-dealkylation sites (tertiary alicyclic amines) is 1. The standard InChI is InChI=1S/C18H22N4O3/c1-12-9-13(2)21-18(20-12)25-15-5-4-8-22(11-15)17(23)14-6-7-16(24-3)19-10-14/h6-7,9-10,15H,4-5,8,11H2,1-3H3. The molecule has 25 heavy (non-hydrogen) atoms. The summed E-state index contributed by atoms with van der Waals surface area (Å²) in [6.07, 6.45) is 3.19. The highest BCUT2D eigenvalue weighted by Crippen LogP contribution is 2.18. The van der Waals surface area contributed by atoms with E-state index in [0.29, 0.717) is 30.5 Å². The maximum atomic E-state index is 12.7. The molecule has 0 radical (unpaired) electrons. The molecule has 7 nitrogen and oxygen atoms in total. The Morgan fingerprint density at radius 1 is 1.24 bits per heavy atom. The van der Waals surface area contributed by atoms with Gasteiger partial charge in [0.15, 0.2) is 0 Å². The lowest BCUT2D eigenvalue weighted by Gasteiger charge is -2.32. The Morgan fingerprint density at radius 3 is 2.64 bits per heavy atom. The molecule has 1 atom stereocenters. The maximum absolute atomic E-state index is 12.7. The first-order chi connectivity index (χ1) is 12.0. The topological polar surface area (TPSA) is 77.4 Å². The highest BCUT2D eigenvalue weighted by atomic mass is 16.5. The summed E-state index contributed by atoms with van der Waals surface area (Å²) in [5, 5.41) is 0. The number of pyridine rings is 1. The number of ether oxygens (including phenoxy) is 2. The van der Waals surface area contributed by atoms with Crippen LogP contribution >= 0.6 is 0 Å². The van der Waals surface area contributed by atoms with E-state index in [9.17, 15) is 4.79 Å². The molecule has 0 aromatic carbocycles. The molecule has 0 N–H and O–H groups in total. The Bertz CT molecular complexity index is 728. The largest absolute Gasteiger partial charge is 0.481 e. The van der Waals surface area contributed by atoms with Gasteiger partial charge in [0.1, 0.15) is 6.10 Å². The number of hydrogen-bond acceptors (Lipinski definition) is 6. The molecule has 1 amide bonds. The molecular formula is C18H22N4O3. The van der Waals surface area contributed by atoms with Crippen LogP contribution in [0.25, 0.3) is 0 Å². The van der Waals surface area contributed by atoms with Gasteiger partial charge in [-0.1, -0.05) is 0 Å². The van der Waals surface area contributed by atoms with E-state index in [4.69, 9.17) is 9.47 Å².